The van der Waals surface area contributed by atoms with Crippen LogP contribution in [0, 0.1) is 5.92 Å². The van der Waals surface area contributed by atoms with Gasteiger partial charge in [-0.15, -0.1) is 0 Å². The molecule has 4 heteroatoms. The van der Waals surface area contributed by atoms with Gasteiger partial charge in [-0.25, -0.2) is 0 Å². The van der Waals surface area contributed by atoms with E-state index in [1.165, 1.54) is 0 Å². The number of amides is 1. The number of halogens is 1. The number of hydrogen-bond acceptors (Lipinski definition) is 2. The zero-order valence-corrected chi connectivity index (χ0v) is 12.9. The van der Waals surface area contributed by atoms with Crippen molar-refractivity contribution >= 4 is 17.5 Å². The Labute approximate surface area is 126 Å². The Morgan fingerprint density at radius 2 is 2.20 bits per heavy atom. The molecule has 1 aromatic carbocycles. The lowest BCUT2D eigenvalue weighted by Gasteiger charge is -2.31. The highest BCUT2D eigenvalue weighted by atomic mass is 35.5. The maximum Gasteiger partial charge on any atom is 0.227 e. The van der Waals surface area contributed by atoms with Crippen LogP contribution in [0.5, 0.6) is 0 Å². The van der Waals surface area contributed by atoms with Crippen LogP contribution in [-0.4, -0.2) is 22.9 Å². The predicted octanol–water partition coefficient (Wildman–Crippen LogP) is 3.20. The van der Waals surface area contributed by atoms with Gasteiger partial charge in [-0.2, -0.15) is 0 Å². The summed E-state index contributed by atoms with van der Waals surface area (Å²) in [6.45, 7) is 4.69. The average molecular weight is 295 g/mol. The van der Waals surface area contributed by atoms with Gasteiger partial charge in [0.1, 0.15) is 0 Å². The standard InChI is InChI=1S/C16H23ClN2O/c1-11(2)19(10-12-5-3-6-13(17)9-12)16(20)14-7-4-8-15(14)18/h3,5-6,9,11,14-15H,4,7-8,10,18H2,1-2H3. The number of benzene rings is 1. The second-order valence-electron chi connectivity index (χ2n) is 5.89. The summed E-state index contributed by atoms with van der Waals surface area (Å²) in [5.41, 5.74) is 7.13. The molecule has 1 amide bonds. The van der Waals surface area contributed by atoms with Crippen LogP contribution >= 0.6 is 11.6 Å². The van der Waals surface area contributed by atoms with Crippen molar-refractivity contribution in [2.24, 2.45) is 11.7 Å². The molecule has 2 rings (SSSR count). The highest BCUT2D eigenvalue weighted by Gasteiger charge is 2.34. The lowest BCUT2D eigenvalue weighted by Crippen LogP contribution is -2.44. The van der Waals surface area contributed by atoms with Crippen molar-refractivity contribution in [1.29, 1.82) is 0 Å². The molecule has 2 unspecified atom stereocenters. The van der Waals surface area contributed by atoms with E-state index in [9.17, 15) is 4.79 Å². The molecule has 0 bridgehead atoms. The summed E-state index contributed by atoms with van der Waals surface area (Å²) in [5, 5.41) is 0.705. The minimum atomic E-state index is -0.0171. The van der Waals surface area contributed by atoms with Crippen molar-refractivity contribution in [1.82, 2.24) is 4.90 Å². The second kappa shape index (κ2) is 6.59. The van der Waals surface area contributed by atoms with E-state index in [2.05, 4.69) is 0 Å². The Kier molecular flexibility index (Phi) is 5.06. The average Bonchev–Trinajstić information content (AvgIpc) is 2.81. The monoisotopic (exact) mass is 294 g/mol. The first-order valence-corrected chi connectivity index (χ1v) is 7.67. The Bertz CT molecular complexity index is 475. The fourth-order valence-electron chi connectivity index (χ4n) is 2.86. The van der Waals surface area contributed by atoms with Gasteiger partial charge in [0.2, 0.25) is 5.91 Å². The molecule has 2 atom stereocenters. The van der Waals surface area contributed by atoms with Crippen LogP contribution in [0.1, 0.15) is 38.7 Å². The molecule has 2 N–H and O–H groups in total. The van der Waals surface area contributed by atoms with Crippen molar-refractivity contribution in [2.45, 2.75) is 51.7 Å². The van der Waals surface area contributed by atoms with Crippen LogP contribution in [0.15, 0.2) is 24.3 Å². The number of nitrogens with zero attached hydrogens (tertiary/aromatic N) is 1. The number of nitrogens with two attached hydrogens (primary N) is 1. The number of carbonyl (C=O) groups is 1. The number of rotatable bonds is 4. The summed E-state index contributed by atoms with van der Waals surface area (Å²) in [6.07, 6.45) is 2.93. The first-order valence-electron chi connectivity index (χ1n) is 7.29. The van der Waals surface area contributed by atoms with Crippen LogP contribution in [0.3, 0.4) is 0 Å². The van der Waals surface area contributed by atoms with Gasteiger partial charge in [-0.1, -0.05) is 30.2 Å². The van der Waals surface area contributed by atoms with Gasteiger partial charge in [0, 0.05) is 23.7 Å². The summed E-state index contributed by atoms with van der Waals surface area (Å²) in [7, 11) is 0. The van der Waals surface area contributed by atoms with Crippen molar-refractivity contribution in [3.8, 4) is 0 Å². The molecule has 1 aromatic rings. The molecule has 110 valence electrons. The molecule has 3 nitrogen and oxygen atoms in total. The fraction of sp³-hybridized carbons (Fsp3) is 0.562. The normalized spacial score (nSPS) is 22.2. The maximum atomic E-state index is 12.7. The van der Waals surface area contributed by atoms with Crippen LogP contribution in [0.25, 0.3) is 0 Å². The molecule has 0 heterocycles. The maximum absolute atomic E-state index is 12.7. The van der Waals surface area contributed by atoms with Crippen molar-refractivity contribution in [2.75, 3.05) is 0 Å². The third-order valence-electron chi connectivity index (χ3n) is 4.03. The highest BCUT2D eigenvalue weighted by Crippen LogP contribution is 2.27. The zero-order valence-electron chi connectivity index (χ0n) is 12.2. The molecule has 1 fully saturated rings. The molecule has 0 aliphatic heterocycles. The van der Waals surface area contributed by atoms with Crippen LogP contribution in [0.4, 0.5) is 0 Å². The Morgan fingerprint density at radius 1 is 1.45 bits per heavy atom. The van der Waals surface area contributed by atoms with E-state index in [1.54, 1.807) is 0 Å². The van der Waals surface area contributed by atoms with E-state index in [1.807, 2.05) is 43.0 Å². The minimum absolute atomic E-state index is 0.0168. The van der Waals surface area contributed by atoms with Gasteiger partial charge in [0.05, 0.1) is 5.92 Å². The van der Waals surface area contributed by atoms with Gasteiger partial charge in [-0.3, -0.25) is 4.79 Å². The molecule has 0 radical (unpaired) electrons. The van der Waals surface area contributed by atoms with Crippen LogP contribution in [0.2, 0.25) is 5.02 Å². The Balaban J connectivity index is 2.12. The van der Waals surface area contributed by atoms with E-state index in [-0.39, 0.29) is 23.9 Å². The summed E-state index contributed by atoms with van der Waals surface area (Å²) in [4.78, 5) is 14.6. The second-order valence-corrected chi connectivity index (χ2v) is 6.33. The summed E-state index contributed by atoms with van der Waals surface area (Å²) in [5.74, 6) is 0.168. The molecule has 0 spiro atoms. The summed E-state index contributed by atoms with van der Waals surface area (Å²) in [6, 6.07) is 7.86. The van der Waals surface area contributed by atoms with Gasteiger partial charge >= 0.3 is 0 Å². The Morgan fingerprint density at radius 3 is 2.75 bits per heavy atom. The predicted molar refractivity (Wildman–Crippen MR) is 82.5 cm³/mol. The molecular weight excluding hydrogens is 272 g/mol. The van der Waals surface area contributed by atoms with E-state index in [0.717, 1.165) is 24.8 Å². The fourth-order valence-corrected chi connectivity index (χ4v) is 3.07. The first-order chi connectivity index (χ1) is 9.49. The molecule has 20 heavy (non-hydrogen) atoms. The van der Waals surface area contributed by atoms with E-state index in [0.29, 0.717) is 11.6 Å². The highest BCUT2D eigenvalue weighted by molar-refractivity contribution is 6.30. The Hall–Kier alpha value is -1.06. The van der Waals surface area contributed by atoms with Crippen LogP contribution < -0.4 is 5.73 Å². The van der Waals surface area contributed by atoms with Crippen molar-refractivity contribution < 1.29 is 4.79 Å². The zero-order chi connectivity index (χ0) is 14.7. The molecular formula is C16H23ClN2O. The largest absolute Gasteiger partial charge is 0.336 e. The minimum Gasteiger partial charge on any atom is -0.336 e. The SMILES string of the molecule is CC(C)N(Cc1cccc(Cl)c1)C(=O)C1CCCC1N. The lowest BCUT2D eigenvalue weighted by molar-refractivity contribution is -0.138. The molecule has 1 aliphatic rings. The summed E-state index contributed by atoms with van der Waals surface area (Å²) < 4.78 is 0. The molecule has 1 saturated carbocycles. The van der Waals surface area contributed by atoms with Gasteiger partial charge in [0.25, 0.3) is 0 Å². The quantitative estimate of drug-likeness (QED) is 0.927. The molecule has 0 saturated heterocycles. The van der Waals surface area contributed by atoms with Gasteiger partial charge in [-0.05, 0) is 44.4 Å². The third kappa shape index (κ3) is 3.53. The van der Waals surface area contributed by atoms with Gasteiger partial charge in [0.15, 0.2) is 0 Å². The van der Waals surface area contributed by atoms with E-state index < -0.39 is 0 Å². The van der Waals surface area contributed by atoms with Crippen molar-refractivity contribution in [3.05, 3.63) is 34.9 Å². The topological polar surface area (TPSA) is 46.3 Å². The smallest absolute Gasteiger partial charge is 0.227 e. The number of hydrogen-bond donors (Lipinski definition) is 1. The number of carbonyl (C=O) groups excluding carboxylic acids is 1. The molecule has 0 aromatic heterocycles. The first kappa shape index (κ1) is 15.3. The lowest BCUT2D eigenvalue weighted by atomic mass is 10.0. The van der Waals surface area contributed by atoms with Crippen molar-refractivity contribution in [3.63, 3.8) is 0 Å². The third-order valence-corrected chi connectivity index (χ3v) is 4.27. The van der Waals surface area contributed by atoms with E-state index >= 15 is 0 Å². The van der Waals surface area contributed by atoms with Gasteiger partial charge < -0.3 is 10.6 Å². The van der Waals surface area contributed by atoms with Crippen LogP contribution in [-0.2, 0) is 11.3 Å². The molecule has 1 aliphatic carbocycles. The summed E-state index contributed by atoms with van der Waals surface area (Å²) >= 11 is 6.01. The van der Waals surface area contributed by atoms with E-state index in [4.69, 9.17) is 17.3 Å².